The van der Waals surface area contributed by atoms with Crippen LogP contribution < -0.4 is 10.9 Å². The smallest absolute Gasteiger partial charge is 0.345 e. The third-order valence-corrected chi connectivity index (χ3v) is 5.90. The average Bonchev–Trinajstić information content (AvgIpc) is 3.25. The Bertz CT molecular complexity index is 1500. The van der Waals surface area contributed by atoms with E-state index in [0.29, 0.717) is 26.8 Å². The summed E-state index contributed by atoms with van der Waals surface area (Å²) in [6, 6.07) is 13.0. The predicted octanol–water partition coefficient (Wildman–Crippen LogP) is 5.76. The summed E-state index contributed by atoms with van der Waals surface area (Å²) in [6.45, 7) is 1.89. The van der Waals surface area contributed by atoms with E-state index >= 15 is 0 Å². The van der Waals surface area contributed by atoms with E-state index in [1.807, 2.05) is 19.1 Å². The highest BCUT2D eigenvalue weighted by Gasteiger charge is 2.15. The van der Waals surface area contributed by atoms with Crippen LogP contribution in [0.1, 0.15) is 10.6 Å². The van der Waals surface area contributed by atoms with Crippen molar-refractivity contribution in [2.45, 2.75) is 6.92 Å². The lowest BCUT2D eigenvalue weighted by Crippen LogP contribution is -2.03. The number of benzene rings is 2. The molecule has 32 heavy (non-hydrogen) atoms. The molecule has 0 unspecified atom stereocenters. The van der Waals surface area contributed by atoms with Gasteiger partial charge < -0.3 is 9.73 Å². The number of hydrogen-bond acceptors (Lipinski definition) is 8. The molecule has 0 radical (unpaired) electrons. The van der Waals surface area contributed by atoms with Crippen molar-refractivity contribution in [3.8, 4) is 17.3 Å². The highest BCUT2D eigenvalue weighted by Crippen LogP contribution is 2.28. The summed E-state index contributed by atoms with van der Waals surface area (Å²) < 4.78 is 5.29. The Balaban J connectivity index is 1.67. The molecule has 0 bridgehead atoms. The van der Waals surface area contributed by atoms with Crippen molar-refractivity contribution in [3.63, 3.8) is 0 Å². The summed E-state index contributed by atoms with van der Waals surface area (Å²) >= 11 is 7.31. The number of halogens is 1. The van der Waals surface area contributed by atoms with E-state index < -0.39 is 10.5 Å². The van der Waals surface area contributed by atoms with Crippen LogP contribution in [0.4, 0.5) is 11.4 Å². The molecule has 1 N–H and O–H groups in total. The molecule has 2 aromatic heterocycles. The second-order valence-electron chi connectivity index (χ2n) is 6.74. The Kier molecular flexibility index (Phi) is 5.73. The molecule has 0 spiro atoms. The van der Waals surface area contributed by atoms with Crippen molar-refractivity contribution in [1.29, 1.82) is 5.26 Å². The second-order valence-corrected chi connectivity index (χ2v) is 8.01. The maximum Gasteiger partial charge on any atom is 0.345 e. The molecular formula is C22H13ClN4O4S. The molecule has 0 aliphatic rings. The summed E-state index contributed by atoms with van der Waals surface area (Å²) in [7, 11) is 0. The quantitative estimate of drug-likeness (QED) is 0.172. The zero-order valence-electron chi connectivity index (χ0n) is 16.5. The average molecular weight is 465 g/mol. The molecule has 10 heteroatoms. The number of allylic oxidation sites excluding steroid dienone is 1. The molecule has 0 fully saturated rings. The molecule has 158 valence electrons. The fraction of sp³-hybridized carbons (Fsp3) is 0.0455. The molecule has 0 saturated heterocycles. The number of nitrogens with one attached hydrogen (secondary N) is 1. The van der Waals surface area contributed by atoms with Crippen LogP contribution in [0.2, 0.25) is 5.02 Å². The van der Waals surface area contributed by atoms with Crippen molar-refractivity contribution >= 4 is 50.9 Å². The Morgan fingerprint density at radius 1 is 1.31 bits per heavy atom. The molecule has 2 aromatic carbocycles. The normalized spacial score (nSPS) is 11.3. The Morgan fingerprint density at radius 3 is 2.84 bits per heavy atom. The van der Waals surface area contributed by atoms with Crippen LogP contribution in [-0.4, -0.2) is 9.91 Å². The number of nitrogens with zero attached hydrogens (tertiary/aromatic N) is 3. The number of rotatable bonds is 5. The minimum atomic E-state index is -0.627. The maximum absolute atomic E-state index is 12.4. The standard InChI is InChI=1S/C22H13ClN4O4S/c1-12-2-3-15(8-18(12)23)25-10-14(9-24)21-26-19(11-32-21)17-7-13-6-16(27(29)30)4-5-20(13)31-22(17)28/h2-8,10-11,25H,1H3/b14-10-. The van der Waals surface area contributed by atoms with E-state index in [4.69, 9.17) is 16.0 Å². The zero-order valence-corrected chi connectivity index (χ0v) is 18.0. The molecule has 4 rings (SSSR count). The predicted molar refractivity (Wildman–Crippen MR) is 124 cm³/mol. The lowest BCUT2D eigenvalue weighted by molar-refractivity contribution is -0.384. The van der Waals surface area contributed by atoms with Gasteiger partial charge in [-0.05, 0) is 36.8 Å². The lowest BCUT2D eigenvalue weighted by Gasteiger charge is -2.04. The molecule has 0 saturated carbocycles. The van der Waals surface area contributed by atoms with Crippen LogP contribution in [0.5, 0.6) is 0 Å². The highest BCUT2D eigenvalue weighted by molar-refractivity contribution is 7.11. The van der Waals surface area contributed by atoms with Crippen LogP contribution in [-0.2, 0) is 0 Å². The minimum Gasteiger partial charge on any atom is -0.422 e. The fourth-order valence-corrected chi connectivity index (χ4v) is 3.87. The van der Waals surface area contributed by atoms with Gasteiger partial charge in [-0.1, -0.05) is 17.7 Å². The van der Waals surface area contributed by atoms with Gasteiger partial charge in [-0.25, -0.2) is 9.78 Å². The van der Waals surface area contributed by atoms with Crippen molar-refractivity contribution in [2.24, 2.45) is 0 Å². The number of non-ortho nitro benzene ring substituents is 1. The second kappa shape index (κ2) is 8.63. The van der Waals surface area contributed by atoms with Gasteiger partial charge >= 0.3 is 5.63 Å². The number of aromatic nitrogens is 1. The summed E-state index contributed by atoms with van der Waals surface area (Å²) in [5.74, 6) is 0. The third kappa shape index (κ3) is 4.23. The first-order valence-corrected chi connectivity index (χ1v) is 10.4. The highest BCUT2D eigenvalue weighted by atomic mass is 35.5. The van der Waals surface area contributed by atoms with Crippen molar-refractivity contribution < 1.29 is 9.34 Å². The van der Waals surface area contributed by atoms with E-state index in [1.165, 1.54) is 41.8 Å². The Labute approximate surface area is 190 Å². The maximum atomic E-state index is 12.4. The first-order valence-electron chi connectivity index (χ1n) is 9.17. The topological polar surface area (TPSA) is 122 Å². The number of anilines is 1. The van der Waals surface area contributed by atoms with E-state index in [-0.39, 0.29) is 22.4 Å². The molecule has 2 heterocycles. The first kappa shape index (κ1) is 21.2. The van der Waals surface area contributed by atoms with Crippen LogP contribution >= 0.6 is 22.9 Å². The van der Waals surface area contributed by atoms with Gasteiger partial charge in [0.25, 0.3) is 5.69 Å². The van der Waals surface area contributed by atoms with Gasteiger partial charge in [0.1, 0.15) is 22.2 Å². The number of nitro benzene ring substituents is 1. The summed E-state index contributed by atoms with van der Waals surface area (Å²) in [6.07, 6.45) is 1.51. The monoisotopic (exact) mass is 464 g/mol. The van der Waals surface area contributed by atoms with Gasteiger partial charge in [-0.15, -0.1) is 11.3 Å². The lowest BCUT2D eigenvalue weighted by atomic mass is 10.1. The van der Waals surface area contributed by atoms with Gasteiger partial charge in [0.2, 0.25) is 0 Å². The van der Waals surface area contributed by atoms with Gasteiger partial charge in [0.15, 0.2) is 0 Å². The molecule has 0 atom stereocenters. The van der Waals surface area contributed by atoms with Crippen LogP contribution in [0.25, 0.3) is 27.8 Å². The van der Waals surface area contributed by atoms with E-state index in [2.05, 4.69) is 16.4 Å². The molecule has 0 aliphatic heterocycles. The summed E-state index contributed by atoms with van der Waals surface area (Å²) in [5, 5.41) is 26.6. The number of fused-ring (bicyclic) bond motifs is 1. The van der Waals surface area contributed by atoms with Crippen LogP contribution in [0.3, 0.4) is 0 Å². The number of hydrogen-bond donors (Lipinski definition) is 1. The van der Waals surface area contributed by atoms with Gasteiger partial charge in [0, 0.05) is 39.8 Å². The number of thiazole rings is 1. The first-order chi connectivity index (χ1) is 15.4. The van der Waals surface area contributed by atoms with Crippen molar-refractivity contribution in [2.75, 3.05) is 5.32 Å². The Hall–Kier alpha value is -4.00. The van der Waals surface area contributed by atoms with Crippen LogP contribution in [0.15, 0.2) is 63.3 Å². The van der Waals surface area contributed by atoms with Gasteiger partial charge in [0.05, 0.1) is 16.2 Å². The molecule has 4 aromatic rings. The largest absolute Gasteiger partial charge is 0.422 e. The number of aryl methyl sites for hydroxylation is 1. The molecule has 0 aliphatic carbocycles. The summed E-state index contributed by atoms with van der Waals surface area (Å²) in [4.78, 5) is 27.3. The molecule has 8 nitrogen and oxygen atoms in total. The number of nitriles is 1. The molecular weight excluding hydrogens is 452 g/mol. The minimum absolute atomic E-state index is 0.117. The molecule has 0 amide bonds. The van der Waals surface area contributed by atoms with E-state index in [9.17, 15) is 20.2 Å². The van der Waals surface area contributed by atoms with Crippen molar-refractivity contribution in [3.05, 3.63) is 90.2 Å². The zero-order chi connectivity index (χ0) is 22.8. The van der Waals surface area contributed by atoms with Crippen molar-refractivity contribution in [1.82, 2.24) is 4.98 Å². The van der Waals surface area contributed by atoms with E-state index in [0.717, 1.165) is 5.56 Å². The van der Waals surface area contributed by atoms with E-state index in [1.54, 1.807) is 11.4 Å². The fourth-order valence-electron chi connectivity index (χ4n) is 2.90. The van der Waals surface area contributed by atoms with Gasteiger partial charge in [-0.3, -0.25) is 10.1 Å². The third-order valence-electron chi connectivity index (χ3n) is 4.61. The number of nitro groups is 1. The Morgan fingerprint density at radius 2 is 2.12 bits per heavy atom. The summed E-state index contributed by atoms with van der Waals surface area (Å²) in [5.41, 5.74) is 1.86. The SMILES string of the molecule is Cc1ccc(N/C=C(/C#N)c2nc(-c3cc4cc([N+](=O)[O-])ccc4oc3=O)cs2)cc1Cl. The van der Waals surface area contributed by atoms with Crippen LogP contribution in [0, 0.1) is 28.4 Å². The van der Waals surface area contributed by atoms with Gasteiger partial charge in [-0.2, -0.15) is 5.26 Å².